The van der Waals surface area contributed by atoms with Crippen LogP contribution in [0.15, 0.2) is 89.9 Å². The second kappa shape index (κ2) is 15.6. The van der Waals surface area contributed by atoms with Gasteiger partial charge in [0.1, 0.15) is 12.6 Å². The minimum absolute atomic E-state index is 0.00388. The number of carbonyl (C=O) groups is 4. The fourth-order valence-electron chi connectivity index (χ4n) is 4.54. The smallest absolute Gasteiger partial charge is 0.337 e. The van der Waals surface area contributed by atoms with Gasteiger partial charge in [-0.25, -0.2) is 4.79 Å². The number of aliphatic imine (C=N–C) groups is 1. The number of hydrogen-bond donors (Lipinski definition) is 4. The molecule has 3 aromatic rings. The molecule has 0 aliphatic heterocycles. The number of esters is 1. The van der Waals surface area contributed by atoms with Crippen molar-refractivity contribution in [1.82, 2.24) is 10.2 Å². The van der Waals surface area contributed by atoms with E-state index in [1.165, 1.54) is 12.0 Å². The van der Waals surface area contributed by atoms with Crippen LogP contribution in [0.4, 0.5) is 0 Å². The van der Waals surface area contributed by atoms with E-state index in [4.69, 9.17) is 16.2 Å². The van der Waals surface area contributed by atoms with E-state index in [1.54, 1.807) is 24.3 Å². The first-order chi connectivity index (χ1) is 20.2. The summed E-state index contributed by atoms with van der Waals surface area (Å²) in [5.74, 6) is -3.56. The van der Waals surface area contributed by atoms with E-state index >= 15 is 0 Å². The maximum absolute atomic E-state index is 14.6. The summed E-state index contributed by atoms with van der Waals surface area (Å²) in [7, 11) is 1.28. The molecular formula is C31H35N5O6. The number of nitrogens with one attached hydrogen (secondary N) is 1. The van der Waals surface area contributed by atoms with E-state index in [2.05, 4.69) is 10.3 Å². The molecular weight excluding hydrogens is 538 g/mol. The highest BCUT2D eigenvalue weighted by Crippen LogP contribution is 2.29. The summed E-state index contributed by atoms with van der Waals surface area (Å²) in [6.07, 6.45) is 0.500. The lowest BCUT2D eigenvalue weighted by Gasteiger charge is -2.34. The fourth-order valence-corrected chi connectivity index (χ4v) is 4.54. The molecule has 220 valence electrons. The van der Waals surface area contributed by atoms with Crippen molar-refractivity contribution in [2.45, 2.75) is 31.3 Å². The average molecular weight is 574 g/mol. The molecule has 0 saturated heterocycles. The zero-order valence-corrected chi connectivity index (χ0v) is 23.3. The highest BCUT2D eigenvalue weighted by Gasteiger charge is 2.35. The number of benzene rings is 3. The van der Waals surface area contributed by atoms with Crippen LogP contribution < -0.4 is 16.8 Å². The fraction of sp³-hybridized carbons (Fsp3) is 0.258. The zero-order valence-electron chi connectivity index (χ0n) is 23.3. The molecule has 0 aromatic heterocycles. The highest BCUT2D eigenvalue weighted by molar-refractivity contribution is 5.93. The van der Waals surface area contributed by atoms with Gasteiger partial charge >= 0.3 is 11.9 Å². The molecule has 0 saturated carbocycles. The van der Waals surface area contributed by atoms with Gasteiger partial charge in [0.15, 0.2) is 5.96 Å². The second-order valence-electron chi connectivity index (χ2n) is 9.49. The van der Waals surface area contributed by atoms with Crippen LogP contribution in [-0.2, 0) is 25.7 Å². The first kappa shape index (κ1) is 31.3. The van der Waals surface area contributed by atoms with Gasteiger partial charge in [0.25, 0.3) is 0 Å². The number of nitrogens with zero attached hydrogens (tertiary/aromatic N) is 2. The van der Waals surface area contributed by atoms with Crippen LogP contribution in [0.5, 0.6) is 0 Å². The van der Waals surface area contributed by atoms with Gasteiger partial charge in [0, 0.05) is 13.1 Å². The lowest BCUT2D eigenvalue weighted by molar-refractivity contribution is -0.143. The molecule has 42 heavy (non-hydrogen) atoms. The van der Waals surface area contributed by atoms with E-state index in [9.17, 15) is 24.3 Å². The van der Waals surface area contributed by atoms with Gasteiger partial charge in [-0.1, -0.05) is 72.8 Å². The summed E-state index contributed by atoms with van der Waals surface area (Å²) < 4.78 is 4.78. The maximum atomic E-state index is 14.6. The minimum atomic E-state index is -1.22. The number of carbonyl (C=O) groups excluding carboxylic acids is 3. The molecule has 11 heteroatoms. The molecule has 0 fully saturated rings. The minimum Gasteiger partial charge on any atom is -0.480 e. The van der Waals surface area contributed by atoms with E-state index in [0.717, 1.165) is 11.1 Å². The van der Waals surface area contributed by atoms with Crippen molar-refractivity contribution >= 4 is 29.7 Å². The summed E-state index contributed by atoms with van der Waals surface area (Å²) in [5, 5.41) is 11.6. The topological polar surface area (TPSA) is 177 Å². The van der Waals surface area contributed by atoms with Crippen LogP contribution in [-0.4, -0.2) is 66.0 Å². The molecule has 11 nitrogen and oxygen atoms in total. The quantitative estimate of drug-likeness (QED) is 0.0982. The third kappa shape index (κ3) is 8.91. The molecule has 0 aliphatic rings. The monoisotopic (exact) mass is 573 g/mol. The Balaban J connectivity index is 2.09. The first-order valence-electron chi connectivity index (χ1n) is 13.3. The average Bonchev–Trinajstić information content (AvgIpc) is 3.00. The van der Waals surface area contributed by atoms with Crippen molar-refractivity contribution in [2.24, 2.45) is 16.5 Å². The predicted molar refractivity (Wildman–Crippen MR) is 157 cm³/mol. The largest absolute Gasteiger partial charge is 0.480 e. The van der Waals surface area contributed by atoms with Crippen LogP contribution in [0.3, 0.4) is 0 Å². The van der Waals surface area contributed by atoms with Crippen LogP contribution in [0.25, 0.3) is 0 Å². The summed E-state index contributed by atoms with van der Waals surface area (Å²) in [6, 6.07) is 23.9. The molecule has 0 heterocycles. The van der Waals surface area contributed by atoms with Crippen molar-refractivity contribution in [3.63, 3.8) is 0 Å². The van der Waals surface area contributed by atoms with Crippen molar-refractivity contribution in [2.75, 3.05) is 20.2 Å². The van der Waals surface area contributed by atoms with Crippen molar-refractivity contribution in [3.05, 3.63) is 107 Å². The SMILES string of the molecule is COC(=O)c1ccc(CN(C(=O)C(c2ccccc2)c2ccccc2)[C@H](CCCN=C(N)N)C(=O)NCC(=O)O)cc1. The number of methoxy groups -OCH3 is 1. The summed E-state index contributed by atoms with van der Waals surface area (Å²) >= 11 is 0. The lowest BCUT2D eigenvalue weighted by Crippen LogP contribution is -2.51. The van der Waals surface area contributed by atoms with E-state index in [0.29, 0.717) is 17.5 Å². The zero-order chi connectivity index (χ0) is 30.5. The molecule has 0 bridgehead atoms. The normalized spacial score (nSPS) is 11.3. The number of aliphatic carboxylic acids is 1. The van der Waals surface area contributed by atoms with Crippen LogP contribution in [0.2, 0.25) is 0 Å². The van der Waals surface area contributed by atoms with Crippen molar-refractivity contribution in [1.29, 1.82) is 0 Å². The Morgan fingerprint density at radius 2 is 1.48 bits per heavy atom. The van der Waals surface area contributed by atoms with Crippen LogP contribution >= 0.6 is 0 Å². The first-order valence-corrected chi connectivity index (χ1v) is 13.3. The summed E-state index contributed by atoms with van der Waals surface area (Å²) in [4.78, 5) is 56.7. The Kier molecular flexibility index (Phi) is 11.6. The Labute approximate surface area is 244 Å². The van der Waals surface area contributed by atoms with Gasteiger partial charge in [0.05, 0.1) is 18.6 Å². The number of carboxylic acids is 1. The molecule has 6 N–H and O–H groups in total. The number of ether oxygens (including phenoxy) is 1. The Hall–Kier alpha value is -5.19. The summed E-state index contributed by atoms with van der Waals surface area (Å²) in [6.45, 7) is -0.397. The Bertz CT molecular complexity index is 1340. The lowest BCUT2D eigenvalue weighted by atomic mass is 9.89. The predicted octanol–water partition coefficient (Wildman–Crippen LogP) is 2.26. The second-order valence-corrected chi connectivity index (χ2v) is 9.49. The molecule has 1 atom stereocenters. The molecule has 0 spiro atoms. The summed E-state index contributed by atoms with van der Waals surface area (Å²) in [5.41, 5.74) is 13.4. The Morgan fingerprint density at radius 1 is 0.905 bits per heavy atom. The van der Waals surface area contributed by atoms with Crippen LogP contribution in [0.1, 0.15) is 45.8 Å². The van der Waals surface area contributed by atoms with Crippen LogP contribution in [0, 0.1) is 0 Å². The molecule has 3 aromatic carbocycles. The van der Waals surface area contributed by atoms with Gasteiger partial charge in [-0.15, -0.1) is 0 Å². The van der Waals surface area contributed by atoms with Crippen molar-refractivity contribution in [3.8, 4) is 0 Å². The van der Waals surface area contributed by atoms with Gasteiger partial charge < -0.3 is 31.5 Å². The van der Waals surface area contributed by atoms with Gasteiger partial charge in [-0.2, -0.15) is 0 Å². The number of hydrogen-bond acceptors (Lipinski definition) is 6. The van der Waals surface area contributed by atoms with Gasteiger partial charge in [-0.05, 0) is 41.7 Å². The number of carboxylic acid groups (broad SMARTS) is 1. The third-order valence-electron chi connectivity index (χ3n) is 6.55. The van der Waals surface area contributed by atoms with Crippen molar-refractivity contribution < 1.29 is 29.0 Å². The van der Waals surface area contributed by atoms with E-state index in [1.807, 2.05) is 60.7 Å². The Morgan fingerprint density at radius 3 is 1.98 bits per heavy atom. The number of guanidine groups is 1. The maximum Gasteiger partial charge on any atom is 0.337 e. The number of amides is 2. The third-order valence-corrected chi connectivity index (χ3v) is 6.55. The van der Waals surface area contributed by atoms with E-state index < -0.39 is 36.4 Å². The van der Waals surface area contributed by atoms with E-state index in [-0.39, 0.29) is 31.4 Å². The number of nitrogens with two attached hydrogens (primary N) is 2. The molecule has 0 radical (unpaired) electrons. The highest BCUT2D eigenvalue weighted by atomic mass is 16.5. The molecule has 0 aliphatic carbocycles. The molecule has 0 unspecified atom stereocenters. The van der Waals surface area contributed by atoms with Gasteiger partial charge in [0.2, 0.25) is 11.8 Å². The molecule has 2 amide bonds. The molecule has 3 rings (SSSR count). The standard InChI is InChI=1S/C31H35N5O6/c1-42-30(41)24-16-14-21(15-17-24)20-36(25(13-8-18-34-31(32)33)28(39)35-19-26(37)38)29(40)27(22-9-4-2-5-10-22)23-11-6-3-7-12-23/h2-7,9-12,14-17,25,27H,8,13,18-20H2,1H3,(H,35,39)(H,37,38)(H4,32,33,34)/t25-/m1/s1. The van der Waals surface area contributed by atoms with Gasteiger partial charge in [-0.3, -0.25) is 19.4 Å². The number of rotatable bonds is 14.